The molecule has 9 heteroatoms. The first-order valence-electron chi connectivity index (χ1n) is 10.2. The third kappa shape index (κ3) is 5.35. The van der Waals surface area contributed by atoms with Gasteiger partial charge in [0.15, 0.2) is 0 Å². The monoisotopic (exact) mass is 469 g/mol. The van der Waals surface area contributed by atoms with E-state index in [1.54, 1.807) is 46.7 Å². The topological polar surface area (TPSA) is 95.6 Å². The molecule has 0 radical (unpaired) electrons. The number of thiophene rings is 1. The van der Waals surface area contributed by atoms with E-state index in [1.165, 1.54) is 0 Å². The molecule has 4 rings (SSSR count). The van der Waals surface area contributed by atoms with Gasteiger partial charge in [-0.2, -0.15) is 0 Å². The number of anilines is 2. The molecule has 0 bridgehead atoms. The van der Waals surface area contributed by atoms with Gasteiger partial charge >= 0.3 is 0 Å². The van der Waals surface area contributed by atoms with Crippen molar-refractivity contribution in [3.05, 3.63) is 77.2 Å². The quantitative estimate of drug-likeness (QED) is 0.528. The van der Waals surface area contributed by atoms with Crippen LogP contribution in [0.15, 0.2) is 70.3 Å². The Hall–Kier alpha value is -3.17. The zero-order valence-corrected chi connectivity index (χ0v) is 18.9. The molecule has 1 aliphatic heterocycles. The van der Waals surface area contributed by atoms with Crippen molar-refractivity contribution in [2.24, 2.45) is 0 Å². The van der Waals surface area contributed by atoms with E-state index in [-0.39, 0.29) is 22.4 Å². The van der Waals surface area contributed by atoms with Crippen LogP contribution in [0.2, 0.25) is 0 Å². The predicted molar refractivity (Wildman–Crippen MR) is 125 cm³/mol. The maximum atomic E-state index is 12.3. The molecule has 1 aromatic heterocycles. The van der Waals surface area contributed by atoms with E-state index in [4.69, 9.17) is 0 Å². The Morgan fingerprint density at radius 2 is 1.72 bits per heavy atom. The van der Waals surface area contributed by atoms with Crippen molar-refractivity contribution in [3.63, 3.8) is 0 Å². The number of sulfonamides is 1. The number of hydrogen-bond acceptors (Lipinski definition) is 5. The molecule has 2 aromatic carbocycles. The van der Waals surface area contributed by atoms with Crippen LogP contribution in [0, 0.1) is 0 Å². The number of hydrogen-bond donors (Lipinski definition) is 2. The largest absolute Gasteiger partial charge is 0.352 e. The molecule has 2 heterocycles. The summed E-state index contributed by atoms with van der Waals surface area (Å²) < 4.78 is 27.3. The van der Waals surface area contributed by atoms with Gasteiger partial charge in [-0.15, -0.1) is 11.3 Å². The van der Waals surface area contributed by atoms with E-state index in [2.05, 4.69) is 10.0 Å². The Bertz CT molecular complexity index is 1190. The minimum absolute atomic E-state index is 0.129. The van der Waals surface area contributed by atoms with E-state index in [0.29, 0.717) is 18.7 Å². The zero-order chi connectivity index (χ0) is 22.6. The van der Waals surface area contributed by atoms with Crippen molar-refractivity contribution in [1.82, 2.24) is 5.32 Å². The number of carbonyl (C=O) groups is 2. The molecule has 0 spiro atoms. The molecule has 0 atom stereocenters. The average molecular weight is 470 g/mol. The van der Waals surface area contributed by atoms with Gasteiger partial charge in [0, 0.05) is 30.9 Å². The first kappa shape index (κ1) is 22.0. The lowest BCUT2D eigenvalue weighted by molar-refractivity contribution is -0.120. The number of amides is 2. The summed E-state index contributed by atoms with van der Waals surface area (Å²) in [5.41, 5.74) is 3.06. The van der Waals surface area contributed by atoms with Crippen LogP contribution in [-0.2, 0) is 32.6 Å². The fourth-order valence-corrected chi connectivity index (χ4v) is 5.53. The standard InChI is InChI=1S/C23H23N3O4S2/c27-21(24-16-18-7-11-20(12-8-18)26-13-1-3-22(26)28)15-17-5-9-19(10-6-17)25-32(29,30)23-4-2-14-31-23/h2,4-12,14,25H,1,3,13,15-16H2,(H,24,27). The number of benzene rings is 2. The smallest absolute Gasteiger partial charge is 0.271 e. The van der Waals surface area contributed by atoms with Gasteiger partial charge in [0.25, 0.3) is 10.0 Å². The van der Waals surface area contributed by atoms with Crippen LogP contribution in [-0.4, -0.2) is 26.8 Å². The first-order valence-corrected chi connectivity index (χ1v) is 12.6. The molecule has 0 unspecified atom stereocenters. The van der Waals surface area contributed by atoms with Crippen molar-refractivity contribution in [3.8, 4) is 0 Å². The lowest BCUT2D eigenvalue weighted by Gasteiger charge is -2.16. The van der Waals surface area contributed by atoms with Crippen molar-refractivity contribution in [2.45, 2.75) is 30.0 Å². The van der Waals surface area contributed by atoms with Crippen LogP contribution in [0.25, 0.3) is 0 Å². The molecule has 2 amide bonds. The Labute approximate surface area is 191 Å². The van der Waals surface area contributed by atoms with Gasteiger partial charge in [-0.3, -0.25) is 14.3 Å². The molecule has 7 nitrogen and oxygen atoms in total. The van der Waals surface area contributed by atoms with Crippen LogP contribution < -0.4 is 14.9 Å². The Kier molecular flexibility index (Phi) is 6.57. The van der Waals surface area contributed by atoms with Crippen molar-refractivity contribution in [2.75, 3.05) is 16.2 Å². The second-order valence-corrected chi connectivity index (χ2v) is 10.4. The van der Waals surface area contributed by atoms with E-state index in [9.17, 15) is 18.0 Å². The average Bonchev–Trinajstić information content (AvgIpc) is 3.46. The second-order valence-electron chi connectivity index (χ2n) is 7.50. The third-order valence-electron chi connectivity index (χ3n) is 5.14. The molecule has 3 aromatic rings. The van der Waals surface area contributed by atoms with Crippen LogP contribution in [0.5, 0.6) is 0 Å². The van der Waals surface area contributed by atoms with Gasteiger partial charge in [-0.05, 0) is 53.3 Å². The number of rotatable bonds is 8. The SMILES string of the molecule is O=C(Cc1ccc(NS(=O)(=O)c2cccs2)cc1)NCc1ccc(N2CCCC2=O)cc1. The third-order valence-corrected chi connectivity index (χ3v) is 7.92. The summed E-state index contributed by atoms with van der Waals surface area (Å²) in [7, 11) is -3.59. The van der Waals surface area contributed by atoms with E-state index in [1.807, 2.05) is 24.3 Å². The summed E-state index contributed by atoms with van der Waals surface area (Å²) in [6.45, 7) is 1.15. The van der Waals surface area contributed by atoms with Gasteiger partial charge in [-0.1, -0.05) is 30.3 Å². The fraction of sp³-hybridized carbons (Fsp3) is 0.217. The summed E-state index contributed by atoms with van der Waals surface area (Å²) in [5.74, 6) is 0.0205. The molecule has 1 saturated heterocycles. The van der Waals surface area contributed by atoms with Crippen molar-refractivity contribution in [1.29, 1.82) is 0 Å². The van der Waals surface area contributed by atoms with Crippen molar-refractivity contribution < 1.29 is 18.0 Å². The lowest BCUT2D eigenvalue weighted by Crippen LogP contribution is -2.25. The van der Waals surface area contributed by atoms with Gasteiger partial charge in [-0.25, -0.2) is 8.42 Å². The minimum atomic E-state index is -3.59. The first-order chi connectivity index (χ1) is 15.4. The zero-order valence-electron chi connectivity index (χ0n) is 17.3. The van der Waals surface area contributed by atoms with Crippen molar-refractivity contribution >= 4 is 44.5 Å². The summed E-state index contributed by atoms with van der Waals surface area (Å²) in [4.78, 5) is 25.9. The van der Waals surface area contributed by atoms with Gasteiger partial charge in [0.1, 0.15) is 4.21 Å². The maximum absolute atomic E-state index is 12.3. The molecule has 1 aliphatic rings. The molecular formula is C23H23N3O4S2. The molecule has 0 saturated carbocycles. The molecule has 166 valence electrons. The lowest BCUT2D eigenvalue weighted by atomic mass is 10.1. The van der Waals surface area contributed by atoms with E-state index < -0.39 is 10.0 Å². The maximum Gasteiger partial charge on any atom is 0.271 e. The highest BCUT2D eigenvalue weighted by Gasteiger charge is 2.21. The summed E-state index contributed by atoms with van der Waals surface area (Å²) in [6.07, 6.45) is 1.68. The molecular weight excluding hydrogens is 446 g/mol. The van der Waals surface area contributed by atoms with Gasteiger partial charge < -0.3 is 10.2 Å². The minimum Gasteiger partial charge on any atom is -0.352 e. The number of nitrogens with one attached hydrogen (secondary N) is 2. The van der Waals surface area contributed by atoms with Crippen LogP contribution in [0.1, 0.15) is 24.0 Å². The number of nitrogens with zero attached hydrogens (tertiary/aromatic N) is 1. The normalized spacial score (nSPS) is 13.9. The molecule has 2 N–H and O–H groups in total. The van der Waals surface area contributed by atoms with Crippen LogP contribution >= 0.6 is 11.3 Å². The molecule has 32 heavy (non-hydrogen) atoms. The van der Waals surface area contributed by atoms with E-state index in [0.717, 1.165) is 41.1 Å². The summed E-state index contributed by atoms with van der Waals surface area (Å²) in [5, 5.41) is 4.59. The summed E-state index contributed by atoms with van der Waals surface area (Å²) >= 11 is 1.15. The predicted octanol–water partition coefficient (Wildman–Crippen LogP) is 3.53. The molecule has 1 fully saturated rings. The summed E-state index contributed by atoms with van der Waals surface area (Å²) in [6, 6.07) is 17.6. The highest BCUT2D eigenvalue weighted by atomic mass is 32.2. The van der Waals surface area contributed by atoms with Crippen LogP contribution in [0.3, 0.4) is 0 Å². The number of carbonyl (C=O) groups excluding carboxylic acids is 2. The Balaban J connectivity index is 1.27. The highest BCUT2D eigenvalue weighted by molar-refractivity contribution is 7.94. The highest BCUT2D eigenvalue weighted by Crippen LogP contribution is 2.22. The van der Waals surface area contributed by atoms with Crippen LogP contribution in [0.4, 0.5) is 11.4 Å². The fourth-order valence-electron chi connectivity index (χ4n) is 3.48. The second kappa shape index (κ2) is 9.54. The molecule has 0 aliphatic carbocycles. The van der Waals surface area contributed by atoms with Gasteiger partial charge in [0.2, 0.25) is 11.8 Å². The van der Waals surface area contributed by atoms with Gasteiger partial charge in [0.05, 0.1) is 6.42 Å². The van der Waals surface area contributed by atoms with E-state index >= 15 is 0 Å². The Morgan fingerprint density at radius 3 is 2.34 bits per heavy atom. The Morgan fingerprint density at radius 1 is 1.00 bits per heavy atom.